The van der Waals surface area contributed by atoms with Crippen LogP contribution < -0.4 is 5.32 Å². The summed E-state index contributed by atoms with van der Waals surface area (Å²) < 4.78 is 11.4. The summed E-state index contributed by atoms with van der Waals surface area (Å²) in [6.45, 7) is 7.47. The van der Waals surface area contributed by atoms with E-state index in [1.807, 2.05) is 27.7 Å². The molecule has 26 heavy (non-hydrogen) atoms. The molecule has 0 radical (unpaired) electrons. The highest BCUT2D eigenvalue weighted by Gasteiger charge is 2.40. The predicted molar refractivity (Wildman–Crippen MR) is 102 cm³/mol. The molecule has 1 N–H and O–H groups in total. The van der Waals surface area contributed by atoms with Crippen molar-refractivity contribution >= 4 is 12.1 Å². The fraction of sp³-hybridized carbons (Fsp3) is 0.905. The van der Waals surface area contributed by atoms with Gasteiger partial charge in [0.2, 0.25) is 0 Å². The Labute approximate surface area is 158 Å². The Kier molecular flexibility index (Phi) is 7.78. The molecule has 5 nitrogen and oxygen atoms in total. The first-order valence-electron chi connectivity index (χ1n) is 10.5. The molecule has 0 aromatic heterocycles. The molecule has 5 heteroatoms. The van der Waals surface area contributed by atoms with Crippen LogP contribution in [0, 0.1) is 11.8 Å². The summed E-state index contributed by atoms with van der Waals surface area (Å²) in [7, 11) is 0. The fourth-order valence-electron chi connectivity index (χ4n) is 4.42. The Hall–Kier alpha value is -1.26. The van der Waals surface area contributed by atoms with E-state index in [1.54, 1.807) is 0 Å². The molecule has 2 aliphatic carbocycles. The van der Waals surface area contributed by atoms with Gasteiger partial charge in [0, 0.05) is 18.4 Å². The van der Waals surface area contributed by atoms with Crippen molar-refractivity contribution in [2.45, 2.75) is 110 Å². The van der Waals surface area contributed by atoms with E-state index in [0.717, 1.165) is 38.5 Å². The largest absolute Gasteiger partial charge is 0.462 e. The van der Waals surface area contributed by atoms with Crippen molar-refractivity contribution in [3.63, 3.8) is 0 Å². The van der Waals surface area contributed by atoms with Crippen LogP contribution in [0.4, 0.5) is 4.79 Å². The van der Waals surface area contributed by atoms with Gasteiger partial charge in [-0.25, -0.2) is 4.79 Å². The van der Waals surface area contributed by atoms with Crippen LogP contribution in [0.2, 0.25) is 0 Å². The normalized spacial score (nSPS) is 26.0. The van der Waals surface area contributed by atoms with Crippen LogP contribution in [0.1, 0.15) is 91.9 Å². The van der Waals surface area contributed by atoms with E-state index in [1.165, 1.54) is 19.3 Å². The van der Waals surface area contributed by atoms with E-state index < -0.39 is 5.60 Å². The van der Waals surface area contributed by atoms with Crippen molar-refractivity contribution in [2.75, 3.05) is 0 Å². The maximum atomic E-state index is 12.3. The summed E-state index contributed by atoms with van der Waals surface area (Å²) in [5.41, 5.74) is -0.508. The quantitative estimate of drug-likeness (QED) is 0.697. The van der Waals surface area contributed by atoms with E-state index in [4.69, 9.17) is 9.47 Å². The van der Waals surface area contributed by atoms with Crippen molar-refractivity contribution in [1.82, 2.24) is 5.32 Å². The van der Waals surface area contributed by atoms with Crippen LogP contribution in [0.15, 0.2) is 0 Å². The number of alkyl carbamates (subject to hydrolysis) is 1. The van der Waals surface area contributed by atoms with E-state index >= 15 is 0 Å². The fourth-order valence-corrected chi connectivity index (χ4v) is 4.42. The molecule has 2 rings (SSSR count). The average molecular weight is 368 g/mol. The lowest BCUT2D eigenvalue weighted by molar-refractivity contribution is -0.157. The first-order chi connectivity index (χ1) is 12.3. The third-order valence-electron chi connectivity index (χ3n) is 5.61. The molecule has 0 bridgehead atoms. The average Bonchev–Trinajstić information content (AvgIpc) is 2.59. The zero-order chi connectivity index (χ0) is 19.2. The van der Waals surface area contributed by atoms with Crippen LogP contribution in [-0.4, -0.2) is 29.8 Å². The van der Waals surface area contributed by atoms with Gasteiger partial charge in [-0.05, 0) is 52.4 Å². The van der Waals surface area contributed by atoms with Crippen molar-refractivity contribution in [1.29, 1.82) is 0 Å². The number of nitrogens with one attached hydrogen (secondary N) is 1. The molecule has 0 aromatic carbocycles. The van der Waals surface area contributed by atoms with Gasteiger partial charge < -0.3 is 14.8 Å². The zero-order valence-electron chi connectivity index (χ0n) is 17.0. The second-order valence-corrected chi connectivity index (χ2v) is 8.91. The molecule has 2 saturated carbocycles. The van der Waals surface area contributed by atoms with Crippen molar-refractivity contribution in [2.24, 2.45) is 11.8 Å². The molecule has 2 aliphatic rings. The standard InChI is InChI=1S/C21H37NO4/c1-5-18(23)25-19(15-11-7-6-8-12-15)16-13-9-10-14-17(16)22-20(24)26-21(2,3)4/h15-17,19H,5-14H2,1-4H3,(H,22,24)/t16-,17-,19-/m0/s1. The van der Waals surface area contributed by atoms with Gasteiger partial charge in [0.05, 0.1) is 0 Å². The van der Waals surface area contributed by atoms with Gasteiger partial charge in [0.1, 0.15) is 11.7 Å². The number of esters is 1. The minimum Gasteiger partial charge on any atom is -0.462 e. The summed E-state index contributed by atoms with van der Waals surface area (Å²) in [6.07, 6.45) is 10.0. The minimum absolute atomic E-state index is 0.0233. The molecule has 0 aromatic rings. The first kappa shape index (κ1) is 21.0. The molecular formula is C21H37NO4. The molecule has 0 unspecified atom stereocenters. The SMILES string of the molecule is CCC(=O)O[C@@H](C1CCCCC1)[C@H]1CCCC[C@@H]1NC(=O)OC(C)(C)C. The summed E-state index contributed by atoms with van der Waals surface area (Å²) in [5.74, 6) is 0.488. The predicted octanol–water partition coefficient (Wildman–Crippen LogP) is 4.97. The van der Waals surface area contributed by atoms with Crippen LogP contribution in [0.5, 0.6) is 0 Å². The van der Waals surface area contributed by atoms with Crippen LogP contribution >= 0.6 is 0 Å². The summed E-state index contributed by atoms with van der Waals surface area (Å²) in [6, 6.07) is 0.0233. The Morgan fingerprint density at radius 3 is 2.23 bits per heavy atom. The van der Waals surface area contributed by atoms with Crippen LogP contribution in [0.25, 0.3) is 0 Å². The summed E-state index contributed by atoms with van der Waals surface area (Å²) in [5, 5.41) is 3.08. The smallest absolute Gasteiger partial charge is 0.407 e. The molecule has 1 amide bonds. The zero-order valence-corrected chi connectivity index (χ0v) is 17.0. The van der Waals surface area contributed by atoms with Crippen LogP contribution in [-0.2, 0) is 14.3 Å². The minimum atomic E-state index is -0.508. The van der Waals surface area contributed by atoms with Gasteiger partial charge in [-0.15, -0.1) is 0 Å². The van der Waals surface area contributed by atoms with E-state index in [0.29, 0.717) is 12.3 Å². The Balaban J connectivity index is 2.10. The number of amides is 1. The first-order valence-corrected chi connectivity index (χ1v) is 10.5. The van der Waals surface area contributed by atoms with Crippen molar-refractivity contribution < 1.29 is 19.1 Å². The summed E-state index contributed by atoms with van der Waals surface area (Å²) >= 11 is 0. The molecule has 150 valence electrons. The van der Waals surface area contributed by atoms with E-state index in [-0.39, 0.29) is 30.1 Å². The van der Waals surface area contributed by atoms with Gasteiger partial charge in [-0.2, -0.15) is 0 Å². The van der Waals surface area contributed by atoms with Gasteiger partial charge in [0.25, 0.3) is 0 Å². The maximum Gasteiger partial charge on any atom is 0.407 e. The molecule has 2 fully saturated rings. The molecule has 3 atom stereocenters. The lowest BCUT2D eigenvalue weighted by Crippen LogP contribution is -2.50. The highest BCUT2D eigenvalue weighted by Crippen LogP contribution is 2.38. The van der Waals surface area contributed by atoms with E-state index in [9.17, 15) is 9.59 Å². The monoisotopic (exact) mass is 367 g/mol. The van der Waals surface area contributed by atoms with E-state index in [2.05, 4.69) is 5.32 Å². The lowest BCUT2D eigenvalue weighted by atomic mass is 9.73. The molecule has 0 heterocycles. The second kappa shape index (κ2) is 9.61. The third-order valence-corrected chi connectivity index (χ3v) is 5.61. The number of ether oxygens (including phenoxy) is 2. The number of hydrogen-bond acceptors (Lipinski definition) is 4. The Morgan fingerprint density at radius 1 is 1.00 bits per heavy atom. The Bertz CT molecular complexity index is 465. The number of hydrogen-bond donors (Lipinski definition) is 1. The highest BCUT2D eigenvalue weighted by atomic mass is 16.6. The van der Waals surface area contributed by atoms with Crippen molar-refractivity contribution in [3.8, 4) is 0 Å². The van der Waals surface area contributed by atoms with Gasteiger partial charge in [-0.3, -0.25) is 4.79 Å². The van der Waals surface area contributed by atoms with Gasteiger partial charge in [-0.1, -0.05) is 39.0 Å². The molecule has 0 saturated heterocycles. The van der Waals surface area contributed by atoms with Gasteiger partial charge in [0.15, 0.2) is 0 Å². The number of rotatable bonds is 5. The summed E-state index contributed by atoms with van der Waals surface area (Å²) in [4.78, 5) is 24.4. The highest BCUT2D eigenvalue weighted by molar-refractivity contribution is 5.69. The number of carbonyl (C=O) groups excluding carboxylic acids is 2. The Morgan fingerprint density at radius 2 is 1.62 bits per heavy atom. The molecule has 0 spiro atoms. The van der Waals surface area contributed by atoms with Gasteiger partial charge >= 0.3 is 12.1 Å². The molecule has 0 aliphatic heterocycles. The topological polar surface area (TPSA) is 64.6 Å². The second-order valence-electron chi connectivity index (χ2n) is 8.91. The maximum absolute atomic E-state index is 12.3. The third kappa shape index (κ3) is 6.48. The lowest BCUT2D eigenvalue weighted by Gasteiger charge is -2.41. The number of carbonyl (C=O) groups is 2. The van der Waals surface area contributed by atoms with Crippen LogP contribution in [0.3, 0.4) is 0 Å². The van der Waals surface area contributed by atoms with Crippen molar-refractivity contribution in [3.05, 3.63) is 0 Å². The molecular weight excluding hydrogens is 330 g/mol.